The van der Waals surface area contributed by atoms with Crippen LogP contribution in [-0.4, -0.2) is 28.4 Å². The van der Waals surface area contributed by atoms with Crippen LogP contribution in [0.4, 0.5) is 15.2 Å². The topological polar surface area (TPSA) is 66.9 Å². The molecule has 21 heavy (non-hydrogen) atoms. The molecule has 1 aromatic heterocycles. The number of amides is 1. The highest BCUT2D eigenvalue weighted by molar-refractivity contribution is 8.01. The maximum Gasteiger partial charge on any atom is 0.230 e. The van der Waals surface area contributed by atoms with Gasteiger partial charge in [-0.1, -0.05) is 42.2 Å². The molecule has 0 unspecified atom stereocenters. The van der Waals surface area contributed by atoms with Gasteiger partial charge in [0.1, 0.15) is 5.82 Å². The molecule has 0 atom stereocenters. The summed E-state index contributed by atoms with van der Waals surface area (Å²) in [5.74, 6) is -0.0737. The van der Waals surface area contributed by atoms with Crippen LogP contribution in [0, 0.1) is 5.82 Å². The Bertz CT molecular complexity index is 605. The van der Waals surface area contributed by atoms with Gasteiger partial charge in [-0.3, -0.25) is 4.79 Å². The van der Waals surface area contributed by atoms with Crippen molar-refractivity contribution >= 4 is 39.8 Å². The summed E-state index contributed by atoms with van der Waals surface area (Å²) in [5, 5.41) is 14.0. The minimum Gasteiger partial charge on any atom is -0.355 e. The molecule has 0 aliphatic heterocycles. The second-order valence-corrected chi connectivity index (χ2v) is 6.32. The number of nitrogens with zero attached hydrogens (tertiary/aromatic N) is 2. The van der Waals surface area contributed by atoms with Crippen LogP contribution < -0.4 is 10.6 Å². The molecule has 2 aromatic rings. The third-order valence-corrected chi connectivity index (χ3v) is 4.39. The summed E-state index contributed by atoms with van der Waals surface area (Å²) in [6, 6.07) is 6.36. The molecule has 112 valence electrons. The molecule has 0 spiro atoms. The largest absolute Gasteiger partial charge is 0.355 e. The average Bonchev–Trinajstić information content (AvgIpc) is 2.93. The van der Waals surface area contributed by atoms with Gasteiger partial charge in [0.25, 0.3) is 0 Å². The van der Waals surface area contributed by atoms with Crippen LogP contribution in [0.2, 0.25) is 0 Å². The molecule has 1 heterocycles. The predicted octanol–water partition coefficient (Wildman–Crippen LogP) is 3.04. The summed E-state index contributed by atoms with van der Waals surface area (Å²) in [7, 11) is 0. The molecule has 5 nitrogen and oxygen atoms in total. The SMILES string of the molecule is CCCNC(=O)CSc1nnc(Nc2ccccc2F)s1. The van der Waals surface area contributed by atoms with Crippen LogP contribution in [0.1, 0.15) is 13.3 Å². The van der Waals surface area contributed by atoms with E-state index in [9.17, 15) is 9.18 Å². The summed E-state index contributed by atoms with van der Waals surface area (Å²) in [4.78, 5) is 11.5. The fourth-order valence-electron chi connectivity index (χ4n) is 1.44. The minimum absolute atomic E-state index is 0.0272. The van der Waals surface area contributed by atoms with Crippen molar-refractivity contribution in [2.45, 2.75) is 17.7 Å². The molecule has 0 fully saturated rings. The molecule has 0 radical (unpaired) electrons. The van der Waals surface area contributed by atoms with E-state index in [1.165, 1.54) is 29.2 Å². The Balaban J connectivity index is 1.87. The molecular formula is C13H15FN4OS2. The van der Waals surface area contributed by atoms with Crippen LogP contribution in [0.3, 0.4) is 0 Å². The molecule has 2 rings (SSSR count). The van der Waals surface area contributed by atoms with E-state index in [0.717, 1.165) is 6.42 Å². The van der Waals surface area contributed by atoms with Crippen molar-refractivity contribution in [2.24, 2.45) is 0 Å². The molecular weight excluding hydrogens is 311 g/mol. The zero-order chi connectivity index (χ0) is 15.1. The standard InChI is InChI=1S/C13H15FN4OS2/c1-2-7-15-11(19)8-20-13-18-17-12(21-13)16-10-6-4-3-5-9(10)14/h3-6H,2,7-8H2,1H3,(H,15,19)(H,16,17). The van der Waals surface area contributed by atoms with Crippen molar-refractivity contribution < 1.29 is 9.18 Å². The van der Waals surface area contributed by atoms with Crippen molar-refractivity contribution in [2.75, 3.05) is 17.6 Å². The van der Waals surface area contributed by atoms with E-state index in [-0.39, 0.29) is 11.7 Å². The van der Waals surface area contributed by atoms with Crippen LogP contribution in [-0.2, 0) is 4.79 Å². The Hall–Kier alpha value is -1.67. The first-order valence-electron chi connectivity index (χ1n) is 6.43. The first-order chi connectivity index (χ1) is 10.2. The van der Waals surface area contributed by atoms with Gasteiger partial charge in [-0.2, -0.15) is 0 Å². The number of thioether (sulfide) groups is 1. The number of benzene rings is 1. The summed E-state index contributed by atoms with van der Waals surface area (Å²) < 4.78 is 14.2. The van der Waals surface area contributed by atoms with Gasteiger partial charge in [-0.15, -0.1) is 10.2 Å². The van der Waals surface area contributed by atoms with E-state index in [0.29, 0.717) is 27.5 Å². The number of nitrogens with one attached hydrogen (secondary N) is 2. The van der Waals surface area contributed by atoms with Crippen molar-refractivity contribution in [1.82, 2.24) is 15.5 Å². The summed E-state index contributed by atoms with van der Waals surface area (Å²) in [6.07, 6.45) is 0.909. The van der Waals surface area contributed by atoms with E-state index >= 15 is 0 Å². The third kappa shape index (κ3) is 4.98. The number of carbonyl (C=O) groups is 1. The zero-order valence-electron chi connectivity index (χ0n) is 11.4. The maximum atomic E-state index is 13.5. The van der Waals surface area contributed by atoms with Crippen LogP contribution in [0.15, 0.2) is 28.6 Å². The van der Waals surface area contributed by atoms with E-state index in [2.05, 4.69) is 20.8 Å². The van der Waals surface area contributed by atoms with E-state index in [1.54, 1.807) is 18.2 Å². The normalized spacial score (nSPS) is 10.4. The highest BCUT2D eigenvalue weighted by atomic mass is 32.2. The van der Waals surface area contributed by atoms with Gasteiger partial charge in [-0.05, 0) is 18.6 Å². The number of para-hydroxylation sites is 1. The summed E-state index contributed by atoms with van der Waals surface area (Å²) >= 11 is 2.60. The summed E-state index contributed by atoms with van der Waals surface area (Å²) in [6.45, 7) is 2.68. The van der Waals surface area contributed by atoms with Crippen LogP contribution in [0.25, 0.3) is 0 Å². The fourth-order valence-corrected chi connectivity index (χ4v) is 3.03. The molecule has 1 aromatic carbocycles. The Morgan fingerprint density at radius 3 is 2.95 bits per heavy atom. The molecule has 8 heteroatoms. The predicted molar refractivity (Wildman–Crippen MR) is 83.6 cm³/mol. The highest BCUT2D eigenvalue weighted by Crippen LogP contribution is 2.28. The number of carbonyl (C=O) groups excluding carboxylic acids is 1. The van der Waals surface area contributed by atoms with Crippen LogP contribution >= 0.6 is 23.1 Å². The monoisotopic (exact) mass is 326 g/mol. The van der Waals surface area contributed by atoms with Gasteiger partial charge >= 0.3 is 0 Å². The Morgan fingerprint density at radius 1 is 1.38 bits per heavy atom. The van der Waals surface area contributed by atoms with Gasteiger partial charge < -0.3 is 10.6 Å². The van der Waals surface area contributed by atoms with Crippen molar-refractivity contribution in [3.05, 3.63) is 30.1 Å². The van der Waals surface area contributed by atoms with Crippen molar-refractivity contribution in [1.29, 1.82) is 0 Å². The van der Waals surface area contributed by atoms with Gasteiger partial charge in [0.15, 0.2) is 4.34 Å². The molecule has 0 bridgehead atoms. The van der Waals surface area contributed by atoms with E-state index < -0.39 is 0 Å². The number of rotatable bonds is 7. The smallest absolute Gasteiger partial charge is 0.230 e. The molecule has 2 N–H and O–H groups in total. The fraction of sp³-hybridized carbons (Fsp3) is 0.308. The average molecular weight is 326 g/mol. The first-order valence-corrected chi connectivity index (χ1v) is 8.24. The van der Waals surface area contributed by atoms with Crippen molar-refractivity contribution in [3.63, 3.8) is 0 Å². The lowest BCUT2D eigenvalue weighted by molar-refractivity contribution is -0.118. The number of hydrogen-bond acceptors (Lipinski definition) is 6. The Labute approximate surface area is 130 Å². The Morgan fingerprint density at radius 2 is 2.19 bits per heavy atom. The molecule has 0 aliphatic rings. The zero-order valence-corrected chi connectivity index (χ0v) is 13.1. The van der Waals surface area contributed by atoms with E-state index in [1.807, 2.05) is 6.92 Å². The lowest BCUT2D eigenvalue weighted by atomic mass is 10.3. The first kappa shape index (κ1) is 15.7. The van der Waals surface area contributed by atoms with Gasteiger partial charge in [-0.25, -0.2) is 4.39 Å². The maximum absolute atomic E-state index is 13.5. The Kier molecular flexibility index (Phi) is 5.94. The second-order valence-electron chi connectivity index (χ2n) is 4.12. The van der Waals surface area contributed by atoms with Gasteiger partial charge in [0, 0.05) is 6.54 Å². The highest BCUT2D eigenvalue weighted by Gasteiger charge is 2.09. The van der Waals surface area contributed by atoms with Gasteiger partial charge in [0.05, 0.1) is 11.4 Å². The number of anilines is 2. The quantitative estimate of drug-likeness (QED) is 0.766. The summed E-state index contributed by atoms with van der Waals surface area (Å²) in [5.41, 5.74) is 0.353. The van der Waals surface area contributed by atoms with Gasteiger partial charge in [0.2, 0.25) is 11.0 Å². The van der Waals surface area contributed by atoms with Crippen LogP contribution in [0.5, 0.6) is 0 Å². The third-order valence-electron chi connectivity index (χ3n) is 2.42. The molecule has 0 saturated heterocycles. The lowest BCUT2D eigenvalue weighted by Gasteiger charge is -2.02. The lowest BCUT2D eigenvalue weighted by Crippen LogP contribution is -2.25. The molecule has 1 amide bonds. The van der Waals surface area contributed by atoms with E-state index in [4.69, 9.17) is 0 Å². The number of aromatic nitrogens is 2. The molecule has 0 saturated carbocycles. The molecule has 0 aliphatic carbocycles. The number of hydrogen-bond donors (Lipinski definition) is 2. The number of halogens is 1. The minimum atomic E-state index is -0.346. The second kappa shape index (κ2) is 7.94. The van der Waals surface area contributed by atoms with Crippen molar-refractivity contribution in [3.8, 4) is 0 Å².